The highest BCUT2D eigenvalue weighted by molar-refractivity contribution is 7.99. The van der Waals surface area contributed by atoms with Gasteiger partial charge in [-0.15, -0.1) is 10.2 Å². The summed E-state index contributed by atoms with van der Waals surface area (Å²) in [5.41, 5.74) is 3.89. The van der Waals surface area contributed by atoms with E-state index >= 15 is 0 Å². The molecule has 4 aromatic carbocycles. The Balaban J connectivity index is 1.06. The summed E-state index contributed by atoms with van der Waals surface area (Å²) in [6.07, 6.45) is 1.95. The molecule has 0 bridgehead atoms. The lowest BCUT2D eigenvalue weighted by Gasteiger charge is -2.14. The van der Waals surface area contributed by atoms with E-state index in [1.807, 2.05) is 110 Å². The Morgan fingerprint density at radius 2 is 1.68 bits per heavy atom. The second-order valence-electron chi connectivity index (χ2n) is 13.2. The topological polar surface area (TPSA) is 98.4 Å². The predicted octanol–water partition coefficient (Wildman–Crippen LogP) is 9.86. The fourth-order valence-corrected chi connectivity index (χ4v) is 6.71. The van der Waals surface area contributed by atoms with Crippen molar-refractivity contribution in [3.8, 4) is 22.8 Å². The van der Waals surface area contributed by atoms with E-state index in [4.69, 9.17) is 16.3 Å². The van der Waals surface area contributed by atoms with Gasteiger partial charge in [0.1, 0.15) is 18.2 Å². The van der Waals surface area contributed by atoms with Gasteiger partial charge in [0.05, 0.1) is 16.4 Å². The molecule has 3 heterocycles. The maximum atomic E-state index is 14.1. The highest BCUT2D eigenvalue weighted by atomic mass is 35.5. The SMILES string of the molecule is CC(C)(C)c1cc(NC(=O)NCc2ccccc2Sc2ccc3nnc(-c4ccc(OCc5ccccc5)cc4Cl)n3c2)n(-c2ccc(F)c(F)c2)n1. The fraction of sp³-hybridized carbons (Fsp3) is 0.150. The van der Waals surface area contributed by atoms with Crippen LogP contribution in [0, 0.1) is 11.6 Å². The van der Waals surface area contributed by atoms with Crippen LogP contribution < -0.4 is 15.4 Å². The zero-order valence-corrected chi connectivity index (χ0v) is 30.6. The number of urea groups is 1. The summed E-state index contributed by atoms with van der Waals surface area (Å²) < 4.78 is 37.0. The molecule has 13 heteroatoms. The van der Waals surface area contributed by atoms with Crippen molar-refractivity contribution in [3.05, 3.63) is 149 Å². The van der Waals surface area contributed by atoms with E-state index in [9.17, 15) is 13.6 Å². The van der Waals surface area contributed by atoms with Crippen LogP contribution in [0.2, 0.25) is 5.02 Å². The second-order valence-corrected chi connectivity index (χ2v) is 14.7. The molecular weight excluding hydrogens is 716 g/mol. The second kappa shape index (κ2) is 15.1. The number of pyridine rings is 1. The molecule has 9 nitrogen and oxygen atoms in total. The normalized spacial score (nSPS) is 11.5. The molecule has 53 heavy (non-hydrogen) atoms. The number of nitrogens with one attached hydrogen (secondary N) is 2. The van der Waals surface area contributed by atoms with Gasteiger partial charge in [0, 0.05) is 45.6 Å². The molecule has 0 saturated heterocycles. The summed E-state index contributed by atoms with van der Waals surface area (Å²) in [6, 6.07) is 31.7. The Labute approximate surface area is 314 Å². The highest BCUT2D eigenvalue weighted by Gasteiger charge is 2.22. The first-order valence-electron chi connectivity index (χ1n) is 16.7. The van der Waals surface area contributed by atoms with Crippen LogP contribution in [-0.4, -0.2) is 30.4 Å². The minimum Gasteiger partial charge on any atom is -0.489 e. The first-order chi connectivity index (χ1) is 25.5. The molecule has 7 rings (SSSR count). The molecule has 0 saturated carbocycles. The predicted molar refractivity (Wildman–Crippen MR) is 203 cm³/mol. The Hall–Kier alpha value is -5.72. The molecule has 0 aliphatic rings. The largest absolute Gasteiger partial charge is 0.489 e. The van der Waals surface area contributed by atoms with Crippen molar-refractivity contribution < 1.29 is 18.3 Å². The van der Waals surface area contributed by atoms with E-state index in [1.165, 1.54) is 22.5 Å². The number of amides is 2. The number of hydrogen-bond donors (Lipinski definition) is 2. The van der Waals surface area contributed by atoms with Crippen molar-refractivity contribution in [2.24, 2.45) is 0 Å². The summed E-state index contributed by atoms with van der Waals surface area (Å²) >= 11 is 8.27. The summed E-state index contributed by atoms with van der Waals surface area (Å²) in [5.74, 6) is -0.431. The molecular formula is C40H34ClF2N7O2S. The number of benzene rings is 4. The van der Waals surface area contributed by atoms with E-state index in [2.05, 4.69) is 25.9 Å². The standard InChI is InChI=1S/C40H34ClF2N7O2S/c1-40(2,3)35-21-37(50(48-35)27-13-17-32(42)33(43)19-27)45-39(51)44-22-26-11-7-8-12-34(26)53-29-15-18-36-46-47-38(49(36)23-29)30-16-14-28(20-31(30)41)52-24-25-9-5-4-6-10-25/h4-21,23H,22,24H2,1-3H3,(H2,44,45,51). The molecule has 2 N–H and O–H groups in total. The zero-order valence-electron chi connectivity index (χ0n) is 29.0. The van der Waals surface area contributed by atoms with Crippen molar-refractivity contribution in [2.75, 3.05) is 5.32 Å². The Kier molecular flexibility index (Phi) is 10.2. The van der Waals surface area contributed by atoms with E-state index in [-0.39, 0.29) is 17.6 Å². The fourth-order valence-electron chi connectivity index (χ4n) is 5.49. The summed E-state index contributed by atoms with van der Waals surface area (Å²) in [5, 5.41) is 19.6. The maximum Gasteiger partial charge on any atom is 0.320 e. The van der Waals surface area contributed by atoms with Gasteiger partial charge in [-0.05, 0) is 59.7 Å². The number of anilines is 1. The molecule has 3 aromatic heterocycles. The van der Waals surface area contributed by atoms with Crippen molar-refractivity contribution in [3.63, 3.8) is 0 Å². The minimum atomic E-state index is -1.01. The van der Waals surface area contributed by atoms with Crippen LogP contribution in [-0.2, 0) is 18.6 Å². The van der Waals surface area contributed by atoms with Gasteiger partial charge in [0.15, 0.2) is 23.1 Å². The van der Waals surface area contributed by atoms with Gasteiger partial charge in [-0.25, -0.2) is 18.3 Å². The van der Waals surface area contributed by atoms with Gasteiger partial charge >= 0.3 is 6.03 Å². The van der Waals surface area contributed by atoms with Gasteiger partial charge in [-0.2, -0.15) is 5.10 Å². The number of fused-ring (bicyclic) bond motifs is 1. The van der Waals surface area contributed by atoms with E-state index < -0.39 is 17.7 Å². The number of ether oxygens (including phenoxy) is 1. The first-order valence-corrected chi connectivity index (χ1v) is 17.9. The monoisotopic (exact) mass is 749 g/mol. The molecule has 0 aliphatic heterocycles. The lowest BCUT2D eigenvalue weighted by Crippen LogP contribution is -2.29. The highest BCUT2D eigenvalue weighted by Crippen LogP contribution is 2.34. The molecule has 0 spiro atoms. The molecule has 7 aromatic rings. The van der Waals surface area contributed by atoms with Crippen molar-refractivity contribution in [1.29, 1.82) is 0 Å². The molecule has 2 amide bonds. The van der Waals surface area contributed by atoms with Crippen molar-refractivity contribution in [2.45, 2.75) is 49.1 Å². The average Bonchev–Trinajstić information content (AvgIpc) is 3.77. The number of carbonyl (C=O) groups excluding carboxylic acids is 1. The zero-order chi connectivity index (χ0) is 37.1. The van der Waals surface area contributed by atoms with Gasteiger partial charge in [-0.3, -0.25) is 9.72 Å². The number of hydrogen-bond acceptors (Lipinski definition) is 6. The van der Waals surface area contributed by atoms with E-state index in [0.29, 0.717) is 45.9 Å². The molecule has 0 aliphatic carbocycles. The van der Waals surface area contributed by atoms with Crippen LogP contribution in [0.15, 0.2) is 125 Å². The third kappa shape index (κ3) is 8.19. The summed E-state index contributed by atoms with van der Waals surface area (Å²) in [6.45, 7) is 6.56. The van der Waals surface area contributed by atoms with Crippen LogP contribution in [0.4, 0.5) is 19.4 Å². The molecule has 0 atom stereocenters. The van der Waals surface area contributed by atoms with Crippen LogP contribution in [0.3, 0.4) is 0 Å². The molecule has 268 valence electrons. The van der Waals surface area contributed by atoms with Crippen LogP contribution in [0.5, 0.6) is 5.75 Å². The van der Waals surface area contributed by atoms with Gasteiger partial charge < -0.3 is 10.1 Å². The third-order valence-electron chi connectivity index (χ3n) is 8.31. The quantitative estimate of drug-likeness (QED) is 0.145. The van der Waals surface area contributed by atoms with E-state index in [0.717, 1.165) is 33.1 Å². The Bertz CT molecular complexity index is 2430. The maximum absolute atomic E-state index is 14.1. The number of rotatable bonds is 10. The molecule has 0 unspecified atom stereocenters. The third-order valence-corrected chi connectivity index (χ3v) is 9.72. The number of aromatic nitrogens is 5. The van der Waals surface area contributed by atoms with Crippen LogP contribution in [0.25, 0.3) is 22.7 Å². The summed E-state index contributed by atoms with van der Waals surface area (Å²) in [7, 11) is 0. The lowest BCUT2D eigenvalue weighted by atomic mass is 9.92. The summed E-state index contributed by atoms with van der Waals surface area (Å²) in [4.78, 5) is 15.1. The minimum absolute atomic E-state index is 0.217. The number of halogens is 3. The smallest absolute Gasteiger partial charge is 0.320 e. The number of carbonyl (C=O) groups is 1. The Morgan fingerprint density at radius 1 is 0.887 bits per heavy atom. The molecule has 0 radical (unpaired) electrons. The van der Waals surface area contributed by atoms with Crippen molar-refractivity contribution in [1.82, 2.24) is 29.7 Å². The Morgan fingerprint density at radius 3 is 2.45 bits per heavy atom. The van der Waals surface area contributed by atoms with Gasteiger partial charge in [0.2, 0.25) is 0 Å². The number of nitrogens with zero attached hydrogens (tertiary/aromatic N) is 5. The molecule has 0 fully saturated rings. The van der Waals surface area contributed by atoms with Gasteiger partial charge in [-0.1, -0.05) is 92.7 Å². The average molecular weight is 750 g/mol. The lowest BCUT2D eigenvalue weighted by molar-refractivity contribution is 0.251. The van der Waals surface area contributed by atoms with Crippen LogP contribution in [0.1, 0.15) is 37.6 Å². The van der Waals surface area contributed by atoms with Gasteiger partial charge in [0.25, 0.3) is 0 Å². The van der Waals surface area contributed by atoms with E-state index in [1.54, 1.807) is 12.1 Å². The van der Waals surface area contributed by atoms with Crippen molar-refractivity contribution >= 4 is 40.9 Å². The van der Waals surface area contributed by atoms with Crippen LogP contribution >= 0.6 is 23.4 Å². The first kappa shape index (κ1) is 35.7.